The van der Waals surface area contributed by atoms with Crippen molar-refractivity contribution in [1.82, 2.24) is 20.2 Å². The maximum absolute atomic E-state index is 12.3. The number of rotatable bonds is 4. The first-order valence-corrected chi connectivity index (χ1v) is 9.68. The molecule has 1 aliphatic heterocycles. The quantitative estimate of drug-likeness (QED) is 0.514. The highest BCUT2D eigenvalue weighted by Gasteiger charge is 2.14. The summed E-state index contributed by atoms with van der Waals surface area (Å²) < 4.78 is 11.0. The fourth-order valence-electron chi connectivity index (χ4n) is 3.02. The van der Waals surface area contributed by atoms with Crippen molar-refractivity contribution in [2.24, 2.45) is 0 Å². The van der Waals surface area contributed by atoms with E-state index in [4.69, 9.17) is 9.47 Å². The molecule has 0 saturated heterocycles. The molecule has 0 fully saturated rings. The Kier molecular flexibility index (Phi) is 4.21. The van der Waals surface area contributed by atoms with Gasteiger partial charge >= 0.3 is 0 Å². The van der Waals surface area contributed by atoms with Crippen LogP contribution in [0.4, 0.5) is 5.69 Å². The van der Waals surface area contributed by atoms with Gasteiger partial charge in [0.2, 0.25) is 11.1 Å². The van der Waals surface area contributed by atoms with E-state index in [0.717, 1.165) is 16.4 Å². The van der Waals surface area contributed by atoms with E-state index in [2.05, 4.69) is 25.5 Å². The summed E-state index contributed by atoms with van der Waals surface area (Å²) in [5, 5.41) is 12.6. The van der Waals surface area contributed by atoms with Crippen LogP contribution >= 0.6 is 11.8 Å². The number of fused-ring (bicyclic) bond motifs is 4. The molecule has 4 aromatic rings. The van der Waals surface area contributed by atoms with Crippen LogP contribution in [-0.2, 0) is 4.79 Å². The molecule has 28 heavy (non-hydrogen) atoms. The average Bonchev–Trinajstić information content (AvgIpc) is 3.10. The number of amides is 1. The lowest BCUT2D eigenvalue weighted by molar-refractivity contribution is -0.113. The minimum Gasteiger partial charge on any atom is -0.486 e. The number of thioether (sulfide) groups is 1. The van der Waals surface area contributed by atoms with Gasteiger partial charge in [-0.3, -0.25) is 4.79 Å². The van der Waals surface area contributed by atoms with Crippen LogP contribution in [0.5, 0.6) is 11.5 Å². The minimum absolute atomic E-state index is 0.165. The molecule has 1 aliphatic rings. The second-order valence-electron chi connectivity index (χ2n) is 6.16. The lowest BCUT2D eigenvalue weighted by atomic mass is 10.2. The van der Waals surface area contributed by atoms with E-state index in [-0.39, 0.29) is 11.7 Å². The lowest BCUT2D eigenvalue weighted by Gasteiger charge is -2.18. The summed E-state index contributed by atoms with van der Waals surface area (Å²) in [5.74, 6) is 1.32. The smallest absolute Gasteiger partial charge is 0.234 e. The van der Waals surface area contributed by atoms with E-state index in [1.54, 1.807) is 18.2 Å². The van der Waals surface area contributed by atoms with E-state index >= 15 is 0 Å². The highest BCUT2D eigenvalue weighted by atomic mass is 32.2. The van der Waals surface area contributed by atoms with E-state index in [0.29, 0.717) is 41.2 Å². The Hall–Kier alpha value is -3.33. The summed E-state index contributed by atoms with van der Waals surface area (Å²) in [4.78, 5) is 20.0. The molecule has 0 unspecified atom stereocenters. The Morgan fingerprint density at radius 1 is 1.11 bits per heavy atom. The van der Waals surface area contributed by atoms with Gasteiger partial charge in [-0.1, -0.05) is 30.0 Å². The van der Waals surface area contributed by atoms with Crippen LogP contribution in [-0.4, -0.2) is 45.0 Å². The van der Waals surface area contributed by atoms with E-state index in [9.17, 15) is 4.79 Å². The van der Waals surface area contributed by atoms with Crippen LogP contribution in [0, 0.1) is 0 Å². The number of aromatic nitrogens is 4. The van der Waals surface area contributed by atoms with Gasteiger partial charge in [-0.05, 0) is 18.2 Å². The van der Waals surface area contributed by atoms with Gasteiger partial charge in [0.25, 0.3) is 0 Å². The second kappa shape index (κ2) is 7.01. The van der Waals surface area contributed by atoms with E-state index < -0.39 is 0 Å². The zero-order chi connectivity index (χ0) is 18.9. The van der Waals surface area contributed by atoms with Crippen LogP contribution in [0.25, 0.3) is 22.1 Å². The Morgan fingerprint density at radius 2 is 1.96 bits per heavy atom. The summed E-state index contributed by atoms with van der Waals surface area (Å²) >= 11 is 1.23. The Morgan fingerprint density at radius 3 is 2.89 bits per heavy atom. The van der Waals surface area contributed by atoms with Crippen molar-refractivity contribution in [3.05, 3.63) is 42.5 Å². The third-order valence-electron chi connectivity index (χ3n) is 4.26. The van der Waals surface area contributed by atoms with Gasteiger partial charge in [-0.2, -0.15) is 0 Å². The average molecular weight is 393 g/mol. The number of anilines is 1. The van der Waals surface area contributed by atoms with Crippen molar-refractivity contribution < 1.29 is 14.3 Å². The number of H-pyrrole nitrogens is 1. The van der Waals surface area contributed by atoms with Gasteiger partial charge in [0.05, 0.1) is 5.75 Å². The highest BCUT2D eigenvalue weighted by molar-refractivity contribution is 7.99. The molecule has 140 valence electrons. The highest BCUT2D eigenvalue weighted by Crippen LogP contribution is 2.32. The molecule has 2 N–H and O–H groups in total. The number of benzene rings is 2. The number of ether oxygens (including phenoxy) is 2. The largest absolute Gasteiger partial charge is 0.486 e. The first-order valence-electron chi connectivity index (χ1n) is 8.70. The number of para-hydroxylation sites is 1. The first-order chi connectivity index (χ1) is 13.8. The van der Waals surface area contributed by atoms with Crippen LogP contribution in [0.2, 0.25) is 0 Å². The summed E-state index contributed by atoms with van der Waals surface area (Å²) in [7, 11) is 0. The van der Waals surface area contributed by atoms with Gasteiger partial charge in [0.1, 0.15) is 18.7 Å². The molecular weight excluding hydrogens is 378 g/mol. The number of aromatic amines is 1. The number of nitrogens with one attached hydrogen (secondary N) is 2. The molecule has 0 spiro atoms. The summed E-state index contributed by atoms with van der Waals surface area (Å²) in [6, 6.07) is 13.2. The van der Waals surface area contributed by atoms with Crippen LogP contribution in [0.15, 0.2) is 47.6 Å². The topological polar surface area (TPSA) is 102 Å². The molecule has 3 heterocycles. The first kappa shape index (κ1) is 16.8. The van der Waals surface area contributed by atoms with Gasteiger partial charge < -0.3 is 19.8 Å². The van der Waals surface area contributed by atoms with Crippen molar-refractivity contribution >= 4 is 45.4 Å². The van der Waals surface area contributed by atoms with Crippen LogP contribution in [0.3, 0.4) is 0 Å². The molecule has 9 heteroatoms. The molecule has 0 saturated carbocycles. The van der Waals surface area contributed by atoms with Crippen molar-refractivity contribution in [2.75, 3.05) is 24.3 Å². The number of hydrogen-bond acceptors (Lipinski definition) is 7. The Bertz CT molecular complexity index is 1190. The third-order valence-corrected chi connectivity index (χ3v) is 5.10. The minimum atomic E-state index is -0.165. The zero-order valence-corrected chi connectivity index (χ0v) is 15.5. The third kappa shape index (κ3) is 3.20. The molecule has 2 aromatic carbocycles. The van der Waals surface area contributed by atoms with Crippen molar-refractivity contribution in [3.8, 4) is 11.5 Å². The van der Waals surface area contributed by atoms with Crippen LogP contribution < -0.4 is 14.8 Å². The van der Waals surface area contributed by atoms with Crippen LogP contribution in [0.1, 0.15) is 0 Å². The Balaban J connectivity index is 1.26. The molecule has 5 rings (SSSR count). The summed E-state index contributed by atoms with van der Waals surface area (Å²) in [6.45, 7) is 1.03. The summed E-state index contributed by atoms with van der Waals surface area (Å²) in [5.41, 5.74) is 2.99. The fraction of sp³-hybridized carbons (Fsp3) is 0.158. The van der Waals surface area contributed by atoms with E-state index in [1.165, 1.54) is 11.8 Å². The van der Waals surface area contributed by atoms with E-state index in [1.807, 2.05) is 24.3 Å². The predicted molar refractivity (Wildman–Crippen MR) is 106 cm³/mol. The molecule has 8 nitrogen and oxygen atoms in total. The van der Waals surface area contributed by atoms with Gasteiger partial charge in [-0.25, -0.2) is 4.98 Å². The standard InChI is InChI=1S/C19H15N5O3S/c25-16(20-11-5-6-14-15(9-11)27-8-7-26-14)10-28-19-22-18-17(23-24-19)12-3-1-2-4-13(12)21-18/h1-6,9H,7-8,10H2,(H,20,25)(H,21,22,24). The summed E-state index contributed by atoms with van der Waals surface area (Å²) in [6.07, 6.45) is 0. The fourth-order valence-corrected chi connectivity index (χ4v) is 3.60. The molecule has 0 bridgehead atoms. The van der Waals surface area contributed by atoms with Crippen molar-refractivity contribution in [2.45, 2.75) is 5.16 Å². The normalized spacial score (nSPS) is 13.0. The maximum Gasteiger partial charge on any atom is 0.234 e. The van der Waals surface area contributed by atoms with Crippen molar-refractivity contribution in [1.29, 1.82) is 0 Å². The number of carbonyl (C=O) groups excluding carboxylic acids is 1. The molecule has 2 aromatic heterocycles. The molecule has 0 radical (unpaired) electrons. The number of nitrogens with zero attached hydrogens (tertiary/aromatic N) is 3. The monoisotopic (exact) mass is 393 g/mol. The number of hydrogen-bond donors (Lipinski definition) is 2. The lowest BCUT2D eigenvalue weighted by Crippen LogP contribution is -2.17. The molecule has 1 amide bonds. The van der Waals surface area contributed by atoms with Gasteiger partial charge in [-0.15, -0.1) is 10.2 Å². The predicted octanol–water partition coefficient (Wildman–Crippen LogP) is 3.01. The molecule has 0 atom stereocenters. The SMILES string of the molecule is O=C(CSc1nnc2c(n1)[nH]c1ccccc12)Nc1ccc2c(c1)OCCO2. The zero-order valence-electron chi connectivity index (χ0n) is 14.6. The molecular formula is C19H15N5O3S. The van der Waals surface area contributed by atoms with Gasteiger partial charge in [0.15, 0.2) is 17.1 Å². The Labute approximate surface area is 163 Å². The maximum atomic E-state index is 12.3. The van der Waals surface area contributed by atoms with Gasteiger partial charge in [0, 0.05) is 22.7 Å². The number of carbonyl (C=O) groups is 1. The second-order valence-corrected chi connectivity index (χ2v) is 7.10. The molecule has 0 aliphatic carbocycles. The van der Waals surface area contributed by atoms with Crippen molar-refractivity contribution in [3.63, 3.8) is 0 Å².